The summed E-state index contributed by atoms with van der Waals surface area (Å²) in [5, 5.41) is 22.8. The summed E-state index contributed by atoms with van der Waals surface area (Å²) in [6.45, 7) is 1.30. The van der Waals surface area contributed by atoms with Gasteiger partial charge in [-0.05, 0) is 19.3 Å². The first-order valence-electron chi connectivity index (χ1n) is 9.97. The lowest BCUT2D eigenvalue weighted by atomic mass is 10.1. The fraction of sp³-hybridized carbons (Fsp3) is 0.632. The highest BCUT2D eigenvalue weighted by Gasteiger charge is 2.15. The van der Waals surface area contributed by atoms with Crippen LogP contribution < -0.4 is 16.8 Å². The van der Waals surface area contributed by atoms with Gasteiger partial charge in [-0.25, -0.2) is 0 Å². The smallest absolute Gasteiger partial charge is 0.245 e. The molecule has 1 aromatic rings. The number of carbonyl (C=O) groups excluding carboxylic acids is 3. The van der Waals surface area contributed by atoms with Crippen molar-refractivity contribution in [3.8, 4) is 11.8 Å². The van der Waals surface area contributed by atoms with Gasteiger partial charge in [-0.15, -0.1) is 11.8 Å². The number of amides is 1. The second kappa shape index (κ2) is 15.6. The first kappa shape index (κ1) is 26.9. The number of carbonyl (C=O) groups is 3. The number of rotatable bonds is 18. The van der Waals surface area contributed by atoms with Crippen LogP contribution in [-0.4, -0.2) is 84.1 Å². The van der Waals surface area contributed by atoms with Crippen molar-refractivity contribution in [2.75, 3.05) is 38.7 Å². The molecule has 0 aromatic carbocycles. The Hall–Kier alpha value is -2.12. The van der Waals surface area contributed by atoms with Gasteiger partial charge in [0, 0.05) is 18.4 Å². The standard InChI is InChI=1S/C19H32N4O7S/c20-14(10-24)3-1-2-4-22-17(26)12-30-8-7-29-6-5-23-18(27)9-16(19(23)28)31-13-15(21)11-25/h9-11,14-15,27-28H,1-8,12-13,20-21H2,(H,22,26). The van der Waals surface area contributed by atoms with Gasteiger partial charge < -0.3 is 46.1 Å². The van der Waals surface area contributed by atoms with Crippen molar-refractivity contribution < 1.29 is 34.1 Å². The van der Waals surface area contributed by atoms with E-state index in [1.54, 1.807) is 0 Å². The molecule has 0 fully saturated rings. The predicted octanol–water partition coefficient (Wildman–Crippen LogP) is -0.636. The molecule has 2 unspecified atom stereocenters. The molecule has 176 valence electrons. The Balaban J connectivity index is 2.11. The third-order valence-electron chi connectivity index (χ3n) is 4.14. The Labute approximate surface area is 185 Å². The molecule has 0 spiro atoms. The van der Waals surface area contributed by atoms with Crippen molar-refractivity contribution in [3.05, 3.63) is 6.07 Å². The molecule has 0 bridgehead atoms. The van der Waals surface area contributed by atoms with Crippen molar-refractivity contribution in [2.45, 2.75) is 42.8 Å². The number of aldehydes is 2. The average Bonchev–Trinajstić information content (AvgIpc) is 3.03. The fourth-order valence-corrected chi connectivity index (χ4v) is 3.32. The zero-order chi connectivity index (χ0) is 23.1. The van der Waals surface area contributed by atoms with E-state index in [0.29, 0.717) is 30.4 Å². The van der Waals surface area contributed by atoms with Gasteiger partial charge in [-0.1, -0.05) is 0 Å². The Bertz CT molecular complexity index is 686. The number of ether oxygens (including phenoxy) is 2. The third-order valence-corrected chi connectivity index (χ3v) is 5.31. The Morgan fingerprint density at radius 1 is 1.13 bits per heavy atom. The minimum atomic E-state index is -0.646. The minimum Gasteiger partial charge on any atom is -0.494 e. The zero-order valence-electron chi connectivity index (χ0n) is 17.4. The molecule has 0 aliphatic heterocycles. The van der Waals surface area contributed by atoms with Gasteiger partial charge >= 0.3 is 0 Å². The molecule has 31 heavy (non-hydrogen) atoms. The Kier molecular flexibility index (Phi) is 13.6. The summed E-state index contributed by atoms with van der Waals surface area (Å²) in [6, 6.07) is 0.306. The highest BCUT2D eigenvalue weighted by molar-refractivity contribution is 7.99. The number of aromatic nitrogens is 1. The summed E-state index contributed by atoms with van der Waals surface area (Å²) in [7, 11) is 0. The second-order valence-electron chi connectivity index (χ2n) is 6.76. The first-order chi connectivity index (χ1) is 14.9. The highest BCUT2D eigenvalue weighted by atomic mass is 32.2. The number of thioether (sulfide) groups is 1. The average molecular weight is 461 g/mol. The number of aromatic hydroxyl groups is 2. The van der Waals surface area contributed by atoms with Crippen molar-refractivity contribution in [1.29, 1.82) is 0 Å². The molecule has 1 amide bonds. The van der Waals surface area contributed by atoms with E-state index in [0.717, 1.165) is 12.8 Å². The highest BCUT2D eigenvalue weighted by Crippen LogP contribution is 2.35. The van der Waals surface area contributed by atoms with Crippen molar-refractivity contribution >= 4 is 30.2 Å². The second-order valence-corrected chi connectivity index (χ2v) is 7.83. The Morgan fingerprint density at radius 2 is 1.84 bits per heavy atom. The van der Waals surface area contributed by atoms with E-state index < -0.39 is 12.1 Å². The van der Waals surface area contributed by atoms with Crippen molar-refractivity contribution in [2.24, 2.45) is 11.5 Å². The lowest BCUT2D eigenvalue weighted by Gasteiger charge is -2.09. The molecule has 2 atom stereocenters. The van der Waals surface area contributed by atoms with Gasteiger partial charge in [0.1, 0.15) is 19.2 Å². The molecule has 7 N–H and O–H groups in total. The van der Waals surface area contributed by atoms with E-state index in [4.69, 9.17) is 20.9 Å². The maximum atomic E-state index is 11.6. The van der Waals surface area contributed by atoms with E-state index in [1.807, 2.05) is 0 Å². The van der Waals surface area contributed by atoms with Crippen LogP contribution in [-0.2, 0) is 30.4 Å². The fourth-order valence-electron chi connectivity index (χ4n) is 2.45. The van der Waals surface area contributed by atoms with Crippen LogP contribution in [0.3, 0.4) is 0 Å². The number of hydrogen-bond donors (Lipinski definition) is 5. The predicted molar refractivity (Wildman–Crippen MR) is 115 cm³/mol. The largest absolute Gasteiger partial charge is 0.494 e. The lowest BCUT2D eigenvalue weighted by Crippen LogP contribution is -2.29. The van der Waals surface area contributed by atoms with Gasteiger partial charge in [0.2, 0.25) is 11.8 Å². The number of nitrogens with zero attached hydrogens (tertiary/aromatic N) is 1. The molecule has 1 aromatic heterocycles. The van der Waals surface area contributed by atoms with E-state index in [9.17, 15) is 24.6 Å². The van der Waals surface area contributed by atoms with E-state index in [2.05, 4.69) is 5.32 Å². The molecule has 12 heteroatoms. The van der Waals surface area contributed by atoms with Gasteiger partial charge in [0.15, 0.2) is 5.88 Å². The van der Waals surface area contributed by atoms with Crippen LogP contribution >= 0.6 is 11.8 Å². The topological polar surface area (TPSA) is 179 Å². The van der Waals surface area contributed by atoms with Crippen LogP contribution in [0.5, 0.6) is 11.8 Å². The summed E-state index contributed by atoms with van der Waals surface area (Å²) in [4.78, 5) is 33.0. The quantitative estimate of drug-likeness (QED) is 0.107. The van der Waals surface area contributed by atoms with Gasteiger partial charge in [-0.2, -0.15) is 0 Å². The van der Waals surface area contributed by atoms with Crippen LogP contribution in [0, 0.1) is 0 Å². The van der Waals surface area contributed by atoms with Gasteiger partial charge in [0.05, 0.1) is 43.3 Å². The monoisotopic (exact) mass is 460 g/mol. The number of nitrogens with two attached hydrogens (primary N) is 2. The van der Waals surface area contributed by atoms with Crippen LogP contribution in [0.25, 0.3) is 0 Å². The molecule has 0 saturated carbocycles. The maximum absolute atomic E-state index is 11.6. The summed E-state index contributed by atoms with van der Waals surface area (Å²) < 4.78 is 11.9. The first-order valence-corrected chi connectivity index (χ1v) is 11.0. The summed E-state index contributed by atoms with van der Waals surface area (Å²) in [5.41, 5.74) is 11.0. The van der Waals surface area contributed by atoms with Gasteiger partial charge in [-0.3, -0.25) is 9.36 Å². The van der Waals surface area contributed by atoms with Crippen LogP contribution in [0.1, 0.15) is 19.3 Å². The number of unbranched alkanes of at least 4 members (excludes halogenated alkanes) is 1. The van der Waals surface area contributed by atoms with E-state index in [1.165, 1.54) is 22.4 Å². The molecule has 1 rings (SSSR count). The van der Waals surface area contributed by atoms with Crippen LogP contribution in [0.15, 0.2) is 11.0 Å². The van der Waals surface area contributed by atoms with Gasteiger partial charge in [0.25, 0.3) is 0 Å². The maximum Gasteiger partial charge on any atom is 0.245 e. The SMILES string of the molecule is NC(C=O)CCCCNC(=O)COCCOCCn1c(O)cc(SCC(N)C=O)c1O. The van der Waals surface area contributed by atoms with E-state index >= 15 is 0 Å². The molecule has 1 heterocycles. The Morgan fingerprint density at radius 3 is 2.55 bits per heavy atom. The molecular formula is C19H32N4O7S. The molecule has 0 saturated heterocycles. The summed E-state index contributed by atoms with van der Waals surface area (Å²) >= 11 is 1.17. The molecule has 0 radical (unpaired) electrons. The normalized spacial score (nSPS) is 13.0. The molecular weight excluding hydrogens is 428 g/mol. The zero-order valence-corrected chi connectivity index (χ0v) is 18.2. The lowest BCUT2D eigenvalue weighted by molar-refractivity contribution is -0.126. The van der Waals surface area contributed by atoms with E-state index in [-0.39, 0.29) is 56.4 Å². The van der Waals surface area contributed by atoms with Crippen molar-refractivity contribution in [3.63, 3.8) is 0 Å². The number of nitrogens with one attached hydrogen (secondary N) is 1. The van der Waals surface area contributed by atoms with Crippen LogP contribution in [0.2, 0.25) is 0 Å². The minimum absolute atomic E-state index is 0.0834. The molecule has 0 aliphatic carbocycles. The molecule has 11 nitrogen and oxygen atoms in total. The van der Waals surface area contributed by atoms with Crippen molar-refractivity contribution in [1.82, 2.24) is 9.88 Å². The summed E-state index contributed by atoms with van der Waals surface area (Å²) in [5.74, 6) is -0.188. The summed E-state index contributed by atoms with van der Waals surface area (Å²) in [6.07, 6.45) is 3.42. The van der Waals surface area contributed by atoms with Crippen LogP contribution in [0.4, 0.5) is 0 Å². The number of hydrogen-bond acceptors (Lipinski definition) is 10. The third kappa shape index (κ3) is 11.2. The molecule has 0 aliphatic rings.